The highest BCUT2D eigenvalue weighted by Gasteiger charge is 2.52. The number of benzene rings is 1. The lowest BCUT2D eigenvalue weighted by Gasteiger charge is -2.30. The molecule has 140 valence electrons. The number of amides is 4. The molecule has 1 aromatic rings. The van der Waals surface area contributed by atoms with Crippen LogP contribution in [0.2, 0.25) is 0 Å². The van der Waals surface area contributed by atoms with Crippen LogP contribution in [0.25, 0.3) is 0 Å². The van der Waals surface area contributed by atoms with Crippen LogP contribution < -0.4 is 20.2 Å². The van der Waals surface area contributed by atoms with Crippen molar-refractivity contribution in [1.82, 2.24) is 15.8 Å². The number of imide groups is 1. The summed E-state index contributed by atoms with van der Waals surface area (Å²) < 4.78 is 10.5. The molecule has 3 rings (SSSR count). The van der Waals surface area contributed by atoms with E-state index in [1.54, 1.807) is 12.1 Å². The van der Waals surface area contributed by atoms with Crippen LogP contribution in [0.4, 0.5) is 4.79 Å². The van der Waals surface area contributed by atoms with Crippen molar-refractivity contribution in [3.63, 3.8) is 0 Å². The quantitative estimate of drug-likeness (QED) is 0.799. The third kappa shape index (κ3) is 2.95. The normalized spacial score (nSPS) is 18.7. The molecule has 2 aliphatic rings. The van der Waals surface area contributed by atoms with E-state index in [0.29, 0.717) is 24.3 Å². The molecule has 1 spiro atoms. The van der Waals surface area contributed by atoms with Gasteiger partial charge in [-0.1, -0.05) is 19.3 Å². The van der Waals surface area contributed by atoms with Crippen LogP contribution in [0, 0.1) is 6.92 Å². The number of nitrogens with zero attached hydrogens (tertiary/aromatic N) is 1. The number of urea groups is 1. The second-order valence-electron chi connectivity index (χ2n) is 6.66. The van der Waals surface area contributed by atoms with Crippen LogP contribution in [0.15, 0.2) is 12.1 Å². The maximum Gasteiger partial charge on any atom is 0.344 e. The Labute approximate surface area is 151 Å². The van der Waals surface area contributed by atoms with Gasteiger partial charge in [0.15, 0.2) is 0 Å². The maximum absolute atomic E-state index is 12.7. The molecular formula is C18H23N3O5. The Bertz CT molecular complexity index is 730. The molecule has 8 heteroatoms. The zero-order chi connectivity index (χ0) is 18.9. The Hall–Kier alpha value is -2.77. The third-order valence-corrected chi connectivity index (χ3v) is 5.10. The highest BCUT2D eigenvalue weighted by molar-refractivity contribution is 6.09. The minimum atomic E-state index is -0.884. The molecule has 1 heterocycles. The summed E-state index contributed by atoms with van der Waals surface area (Å²) in [6.45, 7) is 1.81. The Balaban J connectivity index is 1.82. The van der Waals surface area contributed by atoms with E-state index in [4.69, 9.17) is 9.47 Å². The molecule has 2 fully saturated rings. The van der Waals surface area contributed by atoms with Crippen LogP contribution in [-0.4, -0.2) is 42.6 Å². The largest absolute Gasteiger partial charge is 0.496 e. The first kappa shape index (κ1) is 18.0. The minimum absolute atomic E-state index is 0.231. The molecule has 1 aliphatic heterocycles. The van der Waals surface area contributed by atoms with E-state index < -0.39 is 23.4 Å². The van der Waals surface area contributed by atoms with Crippen molar-refractivity contribution in [2.75, 3.05) is 14.2 Å². The molecule has 0 bridgehead atoms. The first-order chi connectivity index (χ1) is 12.4. The monoisotopic (exact) mass is 361 g/mol. The summed E-state index contributed by atoms with van der Waals surface area (Å²) in [7, 11) is 2.99. The van der Waals surface area contributed by atoms with Gasteiger partial charge in [0.1, 0.15) is 17.0 Å². The third-order valence-electron chi connectivity index (χ3n) is 5.10. The zero-order valence-corrected chi connectivity index (χ0v) is 15.2. The second-order valence-corrected chi connectivity index (χ2v) is 6.66. The van der Waals surface area contributed by atoms with E-state index in [-0.39, 0.29) is 5.56 Å². The van der Waals surface area contributed by atoms with E-state index in [0.717, 1.165) is 29.8 Å². The van der Waals surface area contributed by atoms with Crippen molar-refractivity contribution in [3.05, 3.63) is 23.3 Å². The van der Waals surface area contributed by atoms with E-state index in [2.05, 4.69) is 10.7 Å². The summed E-state index contributed by atoms with van der Waals surface area (Å²) in [5, 5.41) is 3.54. The van der Waals surface area contributed by atoms with Crippen LogP contribution in [0.1, 0.15) is 48.0 Å². The lowest BCUT2D eigenvalue weighted by atomic mass is 9.82. The molecule has 4 amide bonds. The van der Waals surface area contributed by atoms with Gasteiger partial charge in [-0.05, 0) is 31.9 Å². The van der Waals surface area contributed by atoms with Crippen LogP contribution >= 0.6 is 0 Å². The summed E-state index contributed by atoms with van der Waals surface area (Å²) in [4.78, 5) is 37.6. The Morgan fingerprint density at radius 1 is 1.12 bits per heavy atom. The fourth-order valence-corrected chi connectivity index (χ4v) is 3.60. The van der Waals surface area contributed by atoms with Crippen molar-refractivity contribution in [3.8, 4) is 11.5 Å². The molecule has 0 atom stereocenters. The summed E-state index contributed by atoms with van der Waals surface area (Å²) in [5.41, 5.74) is 2.51. The van der Waals surface area contributed by atoms with E-state index in [1.807, 2.05) is 6.92 Å². The van der Waals surface area contributed by atoms with Crippen LogP contribution in [-0.2, 0) is 4.79 Å². The van der Waals surface area contributed by atoms with Crippen molar-refractivity contribution in [1.29, 1.82) is 0 Å². The summed E-state index contributed by atoms with van der Waals surface area (Å²) in [6.07, 6.45) is 3.98. The predicted octanol–water partition coefficient (Wildman–Crippen LogP) is 1.91. The van der Waals surface area contributed by atoms with Gasteiger partial charge in [0, 0.05) is 11.1 Å². The molecule has 26 heavy (non-hydrogen) atoms. The molecule has 0 radical (unpaired) electrons. The van der Waals surface area contributed by atoms with E-state index >= 15 is 0 Å². The van der Waals surface area contributed by atoms with Crippen molar-refractivity contribution in [2.24, 2.45) is 0 Å². The van der Waals surface area contributed by atoms with Crippen LogP contribution in [0.3, 0.4) is 0 Å². The number of nitrogens with one attached hydrogen (secondary N) is 2. The smallest absolute Gasteiger partial charge is 0.344 e. The Kier molecular flexibility index (Phi) is 4.76. The van der Waals surface area contributed by atoms with Gasteiger partial charge >= 0.3 is 6.03 Å². The molecule has 8 nitrogen and oxygen atoms in total. The van der Waals surface area contributed by atoms with Crippen LogP contribution in [0.5, 0.6) is 11.5 Å². The highest BCUT2D eigenvalue weighted by atomic mass is 16.5. The number of ether oxygens (including phenoxy) is 2. The second kappa shape index (κ2) is 6.86. The molecule has 1 saturated carbocycles. The first-order valence-electron chi connectivity index (χ1n) is 8.62. The summed E-state index contributed by atoms with van der Waals surface area (Å²) in [6, 6.07) is 2.49. The van der Waals surface area contributed by atoms with Crippen molar-refractivity contribution in [2.45, 2.75) is 44.6 Å². The fourth-order valence-electron chi connectivity index (χ4n) is 3.60. The van der Waals surface area contributed by atoms with Gasteiger partial charge < -0.3 is 14.8 Å². The molecule has 0 aromatic heterocycles. The number of hydrogen-bond donors (Lipinski definition) is 2. The number of carbonyl (C=O) groups is 3. The predicted molar refractivity (Wildman–Crippen MR) is 92.9 cm³/mol. The number of hydrazine groups is 1. The zero-order valence-electron chi connectivity index (χ0n) is 15.2. The molecule has 0 unspecified atom stereocenters. The molecular weight excluding hydrogens is 338 g/mol. The van der Waals surface area contributed by atoms with Gasteiger partial charge in [-0.15, -0.1) is 0 Å². The molecule has 1 aliphatic carbocycles. The van der Waals surface area contributed by atoms with Gasteiger partial charge in [-0.3, -0.25) is 15.0 Å². The molecule has 1 saturated heterocycles. The van der Waals surface area contributed by atoms with Crippen molar-refractivity contribution < 1.29 is 23.9 Å². The number of rotatable bonds is 4. The van der Waals surface area contributed by atoms with Gasteiger partial charge in [0.2, 0.25) is 0 Å². The topological polar surface area (TPSA) is 97.0 Å². The van der Waals surface area contributed by atoms with E-state index in [1.165, 1.54) is 14.2 Å². The standard InChI is InChI=1S/C18H23N3O5/c1-11-13(25-2)9-12(10-14(11)26-3)15(22)20-21-16(23)18(19-17(21)24)7-5-4-6-8-18/h9-10H,4-8H2,1-3H3,(H,19,24)(H,20,22). The summed E-state index contributed by atoms with van der Waals surface area (Å²) >= 11 is 0. The Morgan fingerprint density at radius 2 is 1.69 bits per heavy atom. The minimum Gasteiger partial charge on any atom is -0.496 e. The van der Waals surface area contributed by atoms with E-state index in [9.17, 15) is 14.4 Å². The average Bonchev–Trinajstić information content (AvgIpc) is 2.86. The molecule has 1 aromatic carbocycles. The van der Waals surface area contributed by atoms with Gasteiger partial charge in [-0.25, -0.2) is 4.79 Å². The molecule has 2 N–H and O–H groups in total. The number of carbonyl (C=O) groups excluding carboxylic acids is 3. The lowest BCUT2D eigenvalue weighted by Crippen LogP contribution is -2.50. The SMILES string of the molecule is COc1cc(C(=O)NN2C(=O)NC3(CCCCC3)C2=O)cc(OC)c1C. The maximum atomic E-state index is 12.7. The summed E-state index contributed by atoms with van der Waals surface area (Å²) in [5.74, 6) is -0.0227. The fraction of sp³-hybridized carbons (Fsp3) is 0.500. The lowest BCUT2D eigenvalue weighted by molar-refractivity contribution is -0.134. The highest BCUT2D eigenvalue weighted by Crippen LogP contribution is 2.33. The Morgan fingerprint density at radius 3 is 2.23 bits per heavy atom. The number of methoxy groups -OCH3 is 2. The van der Waals surface area contributed by atoms with Crippen molar-refractivity contribution >= 4 is 17.8 Å². The first-order valence-corrected chi connectivity index (χ1v) is 8.62. The van der Waals surface area contributed by atoms with Gasteiger partial charge in [0.25, 0.3) is 11.8 Å². The van der Waals surface area contributed by atoms with Gasteiger partial charge in [-0.2, -0.15) is 5.01 Å². The average molecular weight is 361 g/mol. The number of hydrogen-bond acceptors (Lipinski definition) is 5. The van der Waals surface area contributed by atoms with Gasteiger partial charge in [0.05, 0.1) is 14.2 Å².